The highest BCUT2D eigenvalue weighted by Crippen LogP contribution is 1.95. The van der Waals surface area contributed by atoms with E-state index in [1.165, 1.54) is 25.7 Å². The third-order valence-corrected chi connectivity index (χ3v) is 0.957. The van der Waals surface area contributed by atoms with E-state index in [2.05, 4.69) is 13.8 Å². The molecule has 0 saturated carbocycles. The molecule has 0 atom stereocenters. The SMILES string of the molecule is CCCCCC.O=C(O)O.O=C(O)O.O=C(O)O.O=C(O)O. The molecule has 0 aliphatic carbocycles. The first-order valence-corrected chi connectivity index (χ1v) is 5.52. The van der Waals surface area contributed by atoms with E-state index in [4.69, 9.17) is 60.0 Å². The van der Waals surface area contributed by atoms with Gasteiger partial charge in [-0.3, -0.25) is 0 Å². The van der Waals surface area contributed by atoms with Crippen LogP contribution in [0.15, 0.2) is 0 Å². The van der Waals surface area contributed by atoms with Crippen LogP contribution in [0.2, 0.25) is 0 Å². The molecule has 0 radical (unpaired) electrons. The third-order valence-electron chi connectivity index (χ3n) is 0.957. The number of unbranched alkanes of at least 4 members (excludes halogenated alkanes) is 3. The minimum Gasteiger partial charge on any atom is -0.450 e. The van der Waals surface area contributed by atoms with Crippen molar-refractivity contribution in [1.82, 2.24) is 0 Å². The first kappa shape index (κ1) is 31.5. The van der Waals surface area contributed by atoms with E-state index in [0.717, 1.165) is 0 Å². The highest BCUT2D eigenvalue weighted by atomic mass is 16.6. The van der Waals surface area contributed by atoms with Gasteiger partial charge in [-0.15, -0.1) is 0 Å². The molecular weight excluding hydrogens is 312 g/mol. The Hall–Kier alpha value is -2.92. The smallest absolute Gasteiger partial charge is 0.450 e. The van der Waals surface area contributed by atoms with Crippen molar-refractivity contribution in [3.63, 3.8) is 0 Å². The van der Waals surface area contributed by atoms with Crippen LogP contribution in [0.4, 0.5) is 19.2 Å². The molecule has 0 aromatic heterocycles. The summed E-state index contributed by atoms with van der Waals surface area (Å²) in [7, 11) is 0. The standard InChI is InChI=1S/C6H14.4CH2O3/c1-3-5-6-4-2;4*2-1(3)4/h3-6H2,1-2H3;4*(H2,2,3,4). The Kier molecular flexibility index (Phi) is 44.1. The maximum absolute atomic E-state index is 8.56. The molecule has 0 aliphatic rings. The molecule has 0 bridgehead atoms. The number of hydrogen-bond acceptors (Lipinski definition) is 4. The van der Waals surface area contributed by atoms with Crippen molar-refractivity contribution in [3.8, 4) is 0 Å². The second kappa shape index (κ2) is 30.8. The van der Waals surface area contributed by atoms with Crippen LogP contribution in [-0.4, -0.2) is 65.5 Å². The lowest BCUT2D eigenvalue weighted by Gasteiger charge is -1.86. The van der Waals surface area contributed by atoms with Gasteiger partial charge < -0.3 is 40.9 Å². The summed E-state index contributed by atoms with van der Waals surface area (Å²) in [4.78, 5) is 34.2. The van der Waals surface area contributed by atoms with Crippen LogP contribution in [0.3, 0.4) is 0 Å². The summed E-state index contributed by atoms with van der Waals surface area (Å²) in [5.41, 5.74) is 0. The topological polar surface area (TPSA) is 230 Å². The Morgan fingerprint density at radius 2 is 0.591 bits per heavy atom. The molecule has 0 heterocycles. The normalized spacial score (nSPS) is 6.82. The van der Waals surface area contributed by atoms with Crippen molar-refractivity contribution in [2.75, 3.05) is 0 Å². The monoisotopic (exact) mass is 334 g/mol. The van der Waals surface area contributed by atoms with E-state index in [1.807, 2.05) is 0 Å². The van der Waals surface area contributed by atoms with Crippen LogP contribution in [-0.2, 0) is 0 Å². The average Bonchev–Trinajstić information content (AvgIpc) is 2.23. The highest BCUT2D eigenvalue weighted by Gasteiger charge is 1.75. The predicted molar refractivity (Wildman–Crippen MR) is 72.4 cm³/mol. The summed E-state index contributed by atoms with van der Waals surface area (Å²) in [6.07, 6.45) is -1.80. The Morgan fingerprint density at radius 3 is 0.636 bits per heavy atom. The third kappa shape index (κ3) is 690000. The Labute approximate surface area is 125 Å². The zero-order chi connectivity index (χ0) is 19.1. The minimum atomic E-state index is -1.83. The van der Waals surface area contributed by atoms with Gasteiger partial charge in [-0.1, -0.05) is 39.5 Å². The summed E-state index contributed by atoms with van der Waals surface area (Å²) >= 11 is 0. The first-order valence-electron chi connectivity index (χ1n) is 5.52. The molecule has 0 aromatic rings. The molecule has 12 heteroatoms. The van der Waals surface area contributed by atoms with E-state index >= 15 is 0 Å². The molecule has 134 valence electrons. The first-order chi connectivity index (χ1) is 9.84. The van der Waals surface area contributed by atoms with E-state index in [0.29, 0.717) is 0 Å². The summed E-state index contributed by atoms with van der Waals surface area (Å²) < 4.78 is 0. The molecule has 8 N–H and O–H groups in total. The highest BCUT2D eigenvalue weighted by molar-refractivity contribution is 5.54. The Balaban J connectivity index is -0.0000000555. The van der Waals surface area contributed by atoms with Crippen molar-refractivity contribution in [3.05, 3.63) is 0 Å². The number of carboxylic acid groups (broad SMARTS) is 8. The van der Waals surface area contributed by atoms with E-state index in [1.54, 1.807) is 0 Å². The largest absolute Gasteiger partial charge is 0.503 e. The molecule has 0 amide bonds. The maximum Gasteiger partial charge on any atom is 0.503 e. The predicted octanol–water partition coefficient (Wildman–Crippen LogP) is 3.48. The summed E-state index contributed by atoms with van der Waals surface area (Å²) in [6, 6.07) is 0. The molecular formula is C10H22O12. The minimum absolute atomic E-state index is 1.36. The molecule has 0 saturated heterocycles. The van der Waals surface area contributed by atoms with Gasteiger partial charge in [0.25, 0.3) is 0 Å². The zero-order valence-corrected chi connectivity index (χ0v) is 12.0. The van der Waals surface area contributed by atoms with Crippen molar-refractivity contribution in [2.45, 2.75) is 39.5 Å². The molecule has 0 unspecified atom stereocenters. The molecule has 22 heavy (non-hydrogen) atoms. The second-order valence-corrected chi connectivity index (χ2v) is 2.84. The van der Waals surface area contributed by atoms with Gasteiger partial charge in [0, 0.05) is 0 Å². The van der Waals surface area contributed by atoms with Gasteiger partial charge in [-0.2, -0.15) is 0 Å². The molecule has 0 spiro atoms. The van der Waals surface area contributed by atoms with Gasteiger partial charge in [0.1, 0.15) is 0 Å². The maximum atomic E-state index is 8.56. The van der Waals surface area contributed by atoms with Crippen LogP contribution in [0, 0.1) is 0 Å². The lowest BCUT2D eigenvalue weighted by Crippen LogP contribution is -1.81. The number of rotatable bonds is 3. The fraction of sp³-hybridized carbons (Fsp3) is 0.600. The van der Waals surface area contributed by atoms with Crippen LogP contribution < -0.4 is 0 Å². The van der Waals surface area contributed by atoms with Crippen molar-refractivity contribution in [2.24, 2.45) is 0 Å². The van der Waals surface area contributed by atoms with Gasteiger partial charge in [-0.05, 0) is 0 Å². The Bertz CT molecular complexity index is 207. The quantitative estimate of drug-likeness (QED) is 0.346. The van der Waals surface area contributed by atoms with Gasteiger partial charge in [0.15, 0.2) is 0 Å². The van der Waals surface area contributed by atoms with Gasteiger partial charge in [0.2, 0.25) is 0 Å². The molecule has 0 rings (SSSR count). The van der Waals surface area contributed by atoms with Crippen molar-refractivity contribution >= 4 is 24.6 Å². The summed E-state index contributed by atoms with van der Waals surface area (Å²) in [5.74, 6) is 0. The molecule has 0 aromatic carbocycles. The van der Waals surface area contributed by atoms with Crippen LogP contribution >= 0.6 is 0 Å². The van der Waals surface area contributed by atoms with E-state index < -0.39 is 24.6 Å². The van der Waals surface area contributed by atoms with Crippen LogP contribution in [0.5, 0.6) is 0 Å². The summed E-state index contributed by atoms with van der Waals surface area (Å²) in [6.45, 7) is 4.46. The lowest BCUT2D eigenvalue weighted by molar-refractivity contribution is 0.135. The van der Waals surface area contributed by atoms with Crippen molar-refractivity contribution in [1.29, 1.82) is 0 Å². The molecule has 0 fully saturated rings. The molecule has 0 aliphatic heterocycles. The van der Waals surface area contributed by atoms with E-state index in [-0.39, 0.29) is 0 Å². The zero-order valence-electron chi connectivity index (χ0n) is 12.0. The Morgan fingerprint density at radius 1 is 0.500 bits per heavy atom. The van der Waals surface area contributed by atoms with Crippen molar-refractivity contribution < 1.29 is 60.0 Å². The van der Waals surface area contributed by atoms with Gasteiger partial charge in [0.05, 0.1) is 0 Å². The van der Waals surface area contributed by atoms with Gasteiger partial charge >= 0.3 is 24.6 Å². The van der Waals surface area contributed by atoms with E-state index in [9.17, 15) is 0 Å². The second-order valence-electron chi connectivity index (χ2n) is 2.84. The van der Waals surface area contributed by atoms with Crippen LogP contribution in [0.1, 0.15) is 39.5 Å². The fourth-order valence-electron chi connectivity index (χ4n) is 0.500. The average molecular weight is 334 g/mol. The van der Waals surface area contributed by atoms with Crippen LogP contribution in [0.25, 0.3) is 0 Å². The fourth-order valence-corrected chi connectivity index (χ4v) is 0.500. The molecule has 12 nitrogen and oxygen atoms in total. The number of carbonyl (C=O) groups is 4. The number of hydrogen-bond donors (Lipinski definition) is 8. The summed E-state index contributed by atoms with van der Waals surface area (Å²) in [5, 5.41) is 55.8. The van der Waals surface area contributed by atoms with Gasteiger partial charge in [-0.25, -0.2) is 19.2 Å². The lowest BCUT2D eigenvalue weighted by atomic mass is 10.2.